The van der Waals surface area contributed by atoms with Crippen LogP contribution >= 0.6 is 0 Å². The average molecular weight is 277 g/mol. The Labute approximate surface area is 120 Å². The van der Waals surface area contributed by atoms with E-state index in [1.54, 1.807) is 6.07 Å². The summed E-state index contributed by atoms with van der Waals surface area (Å²) >= 11 is 0. The van der Waals surface area contributed by atoms with E-state index in [1.165, 1.54) is 0 Å². The SMILES string of the molecule is Cc1ccc(N)cc1NC(=O)CCN(C)C1CCOC1. The minimum Gasteiger partial charge on any atom is -0.399 e. The number of nitrogen functional groups attached to an aromatic ring is 1. The average Bonchev–Trinajstić information content (AvgIpc) is 2.94. The van der Waals surface area contributed by atoms with Gasteiger partial charge in [-0.2, -0.15) is 0 Å². The number of carbonyl (C=O) groups is 1. The van der Waals surface area contributed by atoms with Gasteiger partial charge in [-0.1, -0.05) is 6.07 Å². The lowest BCUT2D eigenvalue weighted by Crippen LogP contribution is -2.34. The van der Waals surface area contributed by atoms with Crippen LogP contribution in [0.5, 0.6) is 0 Å². The quantitative estimate of drug-likeness (QED) is 0.803. The van der Waals surface area contributed by atoms with Crippen molar-refractivity contribution in [2.45, 2.75) is 25.8 Å². The predicted octanol–water partition coefficient (Wildman–Crippen LogP) is 1.63. The molecular formula is C15H23N3O2. The molecule has 0 bridgehead atoms. The van der Waals surface area contributed by atoms with Gasteiger partial charge in [-0.15, -0.1) is 0 Å². The van der Waals surface area contributed by atoms with E-state index in [1.807, 2.05) is 26.1 Å². The van der Waals surface area contributed by atoms with Gasteiger partial charge in [0.15, 0.2) is 0 Å². The third-order valence-electron chi connectivity index (χ3n) is 3.76. The number of benzene rings is 1. The van der Waals surface area contributed by atoms with E-state index in [0.717, 1.165) is 37.4 Å². The molecule has 5 nitrogen and oxygen atoms in total. The summed E-state index contributed by atoms with van der Waals surface area (Å²) in [5, 5.41) is 2.92. The molecule has 2 rings (SSSR count). The minimum absolute atomic E-state index is 0.0180. The van der Waals surface area contributed by atoms with Crippen LogP contribution in [-0.2, 0) is 9.53 Å². The van der Waals surface area contributed by atoms with E-state index in [-0.39, 0.29) is 5.91 Å². The van der Waals surface area contributed by atoms with Crippen LogP contribution in [0.15, 0.2) is 18.2 Å². The van der Waals surface area contributed by atoms with Crippen molar-refractivity contribution in [3.63, 3.8) is 0 Å². The Kier molecular flexibility index (Phi) is 4.98. The maximum absolute atomic E-state index is 12.0. The summed E-state index contributed by atoms with van der Waals surface area (Å²) < 4.78 is 5.35. The first-order valence-corrected chi connectivity index (χ1v) is 7.00. The van der Waals surface area contributed by atoms with Crippen molar-refractivity contribution in [1.82, 2.24) is 4.90 Å². The van der Waals surface area contributed by atoms with Crippen molar-refractivity contribution < 1.29 is 9.53 Å². The number of aryl methyl sites for hydroxylation is 1. The molecular weight excluding hydrogens is 254 g/mol. The Morgan fingerprint density at radius 3 is 3.05 bits per heavy atom. The molecule has 110 valence electrons. The van der Waals surface area contributed by atoms with Gasteiger partial charge < -0.3 is 20.7 Å². The molecule has 5 heteroatoms. The standard InChI is InChI=1S/C15H23N3O2/c1-11-3-4-12(16)9-14(11)17-15(19)5-7-18(2)13-6-8-20-10-13/h3-4,9,13H,5-8,10,16H2,1-2H3,(H,17,19). The summed E-state index contributed by atoms with van der Waals surface area (Å²) in [5.74, 6) is 0.0180. The Balaban J connectivity index is 1.81. The molecule has 1 aliphatic rings. The van der Waals surface area contributed by atoms with E-state index < -0.39 is 0 Å². The molecule has 1 amide bonds. The third kappa shape index (κ3) is 3.95. The fourth-order valence-corrected chi connectivity index (χ4v) is 2.32. The minimum atomic E-state index is 0.0180. The molecule has 3 N–H and O–H groups in total. The van der Waals surface area contributed by atoms with Crippen LogP contribution in [0.4, 0.5) is 11.4 Å². The number of nitrogens with two attached hydrogens (primary N) is 1. The van der Waals surface area contributed by atoms with E-state index in [0.29, 0.717) is 18.2 Å². The largest absolute Gasteiger partial charge is 0.399 e. The number of carbonyl (C=O) groups excluding carboxylic acids is 1. The van der Waals surface area contributed by atoms with Crippen LogP contribution in [0.2, 0.25) is 0 Å². The van der Waals surface area contributed by atoms with Gasteiger partial charge in [0.05, 0.1) is 6.61 Å². The lowest BCUT2D eigenvalue weighted by molar-refractivity contribution is -0.116. The zero-order valence-electron chi connectivity index (χ0n) is 12.2. The van der Waals surface area contributed by atoms with E-state index in [9.17, 15) is 4.79 Å². The molecule has 1 aliphatic heterocycles. The van der Waals surface area contributed by atoms with Crippen molar-refractivity contribution in [2.24, 2.45) is 0 Å². The number of hydrogen-bond donors (Lipinski definition) is 2. The molecule has 0 radical (unpaired) electrons. The lowest BCUT2D eigenvalue weighted by atomic mass is 10.1. The highest BCUT2D eigenvalue weighted by Crippen LogP contribution is 2.18. The first kappa shape index (κ1) is 14.8. The number of anilines is 2. The van der Waals surface area contributed by atoms with Gasteiger partial charge in [-0.05, 0) is 38.1 Å². The lowest BCUT2D eigenvalue weighted by Gasteiger charge is -2.22. The van der Waals surface area contributed by atoms with E-state index in [4.69, 9.17) is 10.5 Å². The Hall–Kier alpha value is -1.59. The molecule has 1 fully saturated rings. The molecule has 0 spiro atoms. The highest BCUT2D eigenvalue weighted by molar-refractivity contribution is 5.92. The second-order valence-electron chi connectivity index (χ2n) is 5.37. The van der Waals surface area contributed by atoms with Gasteiger partial charge in [0.25, 0.3) is 0 Å². The van der Waals surface area contributed by atoms with Crippen molar-refractivity contribution in [3.05, 3.63) is 23.8 Å². The summed E-state index contributed by atoms with van der Waals surface area (Å²) in [6.07, 6.45) is 1.52. The zero-order chi connectivity index (χ0) is 14.5. The number of likely N-dealkylation sites (N-methyl/N-ethyl adjacent to an activating group) is 1. The number of nitrogens with one attached hydrogen (secondary N) is 1. The maximum atomic E-state index is 12.0. The third-order valence-corrected chi connectivity index (χ3v) is 3.76. The van der Waals surface area contributed by atoms with E-state index >= 15 is 0 Å². The zero-order valence-corrected chi connectivity index (χ0v) is 12.2. The van der Waals surface area contributed by atoms with E-state index in [2.05, 4.69) is 10.2 Å². The molecule has 1 saturated heterocycles. The molecule has 0 aromatic heterocycles. The highest BCUT2D eigenvalue weighted by Gasteiger charge is 2.20. The normalized spacial score (nSPS) is 18.4. The number of hydrogen-bond acceptors (Lipinski definition) is 4. The first-order chi connectivity index (χ1) is 9.56. The van der Waals surface area contributed by atoms with Crippen molar-refractivity contribution in [1.29, 1.82) is 0 Å². The van der Waals surface area contributed by atoms with Gasteiger partial charge in [-0.25, -0.2) is 0 Å². The van der Waals surface area contributed by atoms with Crippen LogP contribution < -0.4 is 11.1 Å². The maximum Gasteiger partial charge on any atom is 0.225 e. The number of rotatable bonds is 5. The fraction of sp³-hybridized carbons (Fsp3) is 0.533. The summed E-state index contributed by atoms with van der Waals surface area (Å²) in [4.78, 5) is 14.2. The molecule has 1 unspecified atom stereocenters. The smallest absolute Gasteiger partial charge is 0.225 e. The van der Waals surface area contributed by atoms with Crippen molar-refractivity contribution in [3.8, 4) is 0 Å². The summed E-state index contributed by atoms with van der Waals surface area (Å²) in [5.41, 5.74) is 8.21. The van der Waals surface area contributed by atoms with Gasteiger partial charge in [-0.3, -0.25) is 4.79 Å². The molecule has 1 heterocycles. The summed E-state index contributed by atoms with van der Waals surface area (Å²) in [7, 11) is 2.04. The van der Waals surface area contributed by atoms with Crippen LogP contribution in [0.1, 0.15) is 18.4 Å². The molecule has 1 atom stereocenters. The Bertz CT molecular complexity index is 470. The van der Waals surface area contributed by atoms with Gasteiger partial charge in [0.1, 0.15) is 0 Å². The van der Waals surface area contributed by atoms with Crippen LogP contribution in [0.25, 0.3) is 0 Å². The summed E-state index contributed by atoms with van der Waals surface area (Å²) in [6, 6.07) is 5.98. The number of amides is 1. The molecule has 1 aromatic carbocycles. The van der Waals surface area contributed by atoms with Crippen molar-refractivity contribution >= 4 is 17.3 Å². The van der Waals surface area contributed by atoms with Crippen LogP contribution in [0, 0.1) is 6.92 Å². The van der Waals surface area contributed by atoms with Gasteiger partial charge in [0, 0.05) is 37.0 Å². The monoisotopic (exact) mass is 277 g/mol. The Morgan fingerprint density at radius 2 is 2.35 bits per heavy atom. The fourth-order valence-electron chi connectivity index (χ4n) is 2.32. The molecule has 20 heavy (non-hydrogen) atoms. The van der Waals surface area contributed by atoms with Crippen LogP contribution in [0.3, 0.4) is 0 Å². The van der Waals surface area contributed by atoms with Crippen LogP contribution in [-0.4, -0.2) is 43.7 Å². The summed E-state index contributed by atoms with van der Waals surface area (Å²) in [6.45, 7) is 4.29. The van der Waals surface area contributed by atoms with Crippen molar-refractivity contribution in [2.75, 3.05) is 37.9 Å². The second-order valence-corrected chi connectivity index (χ2v) is 5.37. The highest BCUT2D eigenvalue weighted by atomic mass is 16.5. The number of ether oxygens (including phenoxy) is 1. The number of nitrogens with zero attached hydrogens (tertiary/aromatic N) is 1. The second kappa shape index (κ2) is 6.72. The molecule has 0 aliphatic carbocycles. The molecule has 1 aromatic rings. The topological polar surface area (TPSA) is 67.6 Å². The Morgan fingerprint density at radius 1 is 1.55 bits per heavy atom. The molecule has 0 saturated carbocycles. The van der Waals surface area contributed by atoms with Gasteiger partial charge in [0.2, 0.25) is 5.91 Å². The first-order valence-electron chi connectivity index (χ1n) is 7.00. The predicted molar refractivity (Wildman–Crippen MR) is 80.7 cm³/mol. The van der Waals surface area contributed by atoms with Gasteiger partial charge >= 0.3 is 0 Å².